The van der Waals surface area contributed by atoms with E-state index in [1.807, 2.05) is 19.0 Å². The van der Waals surface area contributed by atoms with E-state index in [2.05, 4.69) is 11.2 Å². The molecule has 0 saturated carbocycles. The third-order valence-corrected chi connectivity index (χ3v) is 7.12. The number of thiophene rings is 1. The highest BCUT2D eigenvalue weighted by Gasteiger charge is 2.39. The number of carbonyl (C=O) groups is 2. The van der Waals surface area contributed by atoms with Crippen LogP contribution in [0.25, 0.3) is 11.1 Å². The number of carbonyl (C=O) groups excluding carboxylic acids is 2. The summed E-state index contributed by atoms with van der Waals surface area (Å²) in [6.45, 7) is 0.587. The fraction of sp³-hybridized carbons (Fsp3) is 0.308. The molecule has 1 atom stereocenters. The highest BCUT2D eigenvalue weighted by Crippen LogP contribution is 2.44. The van der Waals surface area contributed by atoms with E-state index in [4.69, 9.17) is 5.73 Å². The molecule has 0 aliphatic carbocycles. The summed E-state index contributed by atoms with van der Waals surface area (Å²) < 4.78 is 42.9. The Morgan fingerprint density at radius 2 is 2.00 bits per heavy atom. The third-order valence-electron chi connectivity index (χ3n) is 6.08. The first-order valence-corrected chi connectivity index (χ1v) is 12.4. The van der Waals surface area contributed by atoms with Crippen LogP contribution in [0.5, 0.6) is 0 Å². The molecule has 12 heteroatoms. The fourth-order valence-electron chi connectivity index (χ4n) is 4.49. The zero-order chi connectivity index (χ0) is 27.6. The van der Waals surface area contributed by atoms with Crippen molar-refractivity contribution in [3.63, 3.8) is 0 Å². The number of primary amides is 1. The van der Waals surface area contributed by atoms with E-state index in [0.717, 1.165) is 21.3 Å². The number of hydrogen-bond acceptors (Lipinski definition) is 6. The molecule has 3 aromatic rings. The number of nitriles is 1. The van der Waals surface area contributed by atoms with E-state index in [1.165, 1.54) is 17.4 Å². The van der Waals surface area contributed by atoms with Crippen molar-refractivity contribution in [2.45, 2.75) is 25.2 Å². The monoisotopic (exact) mass is 542 g/mol. The number of nitrogens with zero attached hydrogens (tertiary/aromatic N) is 5. The molecule has 2 aromatic heterocycles. The van der Waals surface area contributed by atoms with Gasteiger partial charge in [-0.1, -0.05) is 30.3 Å². The molecule has 0 spiro atoms. The number of hydrogen-bond donors (Lipinski definition) is 1. The van der Waals surface area contributed by atoms with Gasteiger partial charge in [0, 0.05) is 41.7 Å². The molecule has 198 valence electrons. The number of amides is 2. The van der Waals surface area contributed by atoms with E-state index in [9.17, 15) is 28.0 Å². The third kappa shape index (κ3) is 5.79. The second kappa shape index (κ2) is 10.8. The minimum absolute atomic E-state index is 0.194. The number of fused-ring (bicyclic) bond motifs is 1. The molecule has 1 aliphatic rings. The van der Waals surface area contributed by atoms with Crippen LogP contribution in [0, 0.1) is 11.3 Å². The second-order valence-corrected chi connectivity index (χ2v) is 10.3. The first-order chi connectivity index (χ1) is 18.0. The van der Waals surface area contributed by atoms with Crippen LogP contribution in [0.3, 0.4) is 0 Å². The Bertz CT molecular complexity index is 1430. The van der Waals surface area contributed by atoms with Crippen molar-refractivity contribution in [1.82, 2.24) is 19.6 Å². The van der Waals surface area contributed by atoms with Gasteiger partial charge in [0.25, 0.3) is 0 Å². The Morgan fingerprint density at radius 1 is 1.26 bits per heavy atom. The maximum atomic E-state index is 14.0. The lowest BCUT2D eigenvalue weighted by molar-refractivity contribution is -0.141. The summed E-state index contributed by atoms with van der Waals surface area (Å²) in [4.78, 5) is 29.2. The summed E-state index contributed by atoms with van der Waals surface area (Å²) in [7, 11) is 3.76. The predicted molar refractivity (Wildman–Crippen MR) is 136 cm³/mol. The van der Waals surface area contributed by atoms with E-state index in [-0.39, 0.29) is 23.6 Å². The molecular formula is C26H25F3N6O2S. The largest absolute Gasteiger partial charge is 0.435 e. The Labute approximate surface area is 221 Å². The SMILES string of the molecule is CN(C)C/C=C/C(=O)N1Cc2sc(C#N)cc2C(c2ccccc2-c2cn(CC(N)=O)nc2C(F)(F)F)C1. The highest BCUT2D eigenvalue weighted by molar-refractivity contribution is 7.12. The van der Waals surface area contributed by atoms with E-state index >= 15 is 0 Å². The lowest BCUT2D eigenvalue weighted by Crippen LogP contribution is -2.37. The number of alkyl halides is 3. The first-order valence-electron chi connectivity index (χ1n) is 11.6. The number of benzene rings is 1. The van der Waals surface area contributed by atoms with Crippen LogP contribution in [-0.4, -0.2) is 58.6 Å². The molecule has 0 bridgehead atoms. The van der Waals surface area contributed by atoms with Gasteiger partial charge in [-0.2, -0.15) is 23.5 Å². The number of aromatic nitrogens is 2. The average Bonchev–Trinajstić information content (AvgIpc) is 3.46. The fourth-order valence-corrected chi connectivity index (χ4v) is 5.53. The zero-order valence-electron chi connectivity index (χ0n) is 20.7. The van der Waals surface area contributed by atoms with Crippen molar-refractivity contribution in [3.8, 4) is 17.2 Å². The van der Waals surface area contributed by atoms with Crippen LogP contribution in [0.4, 0.5) is 13.2 Å². The van der Waals surface area contributed by atoms with Crippen LogP contribution in [0.15, 0.2) is 48.7 Å². The first kappa shape index (κ1) is 27.1. The van der Waals surface area contributed by atoms with Crippen molar-refractivity contribution < 1.29 is 22.8 Å². The Balaban J connectivity index is 1.82. The molecule has 1 aromatic carbocycles. The van der Waals surface area contributed by atoms with Gasteiger partial charge in [-0.25, -0.2) is 0 Å². The van der Waals surface area contributed by atoms with E-state index < -0.39 is 30.2 Å². The summed E-state index contributed by atoms with van der Waals surface area (Å²) in [6.07, 6.45) is -0.378. The Hall–Kier alpha value is -3.95. The van der Waals surface area contributed by atoms with E-state index in [0.29, 0.717) is 23.5 Å². The summed E-state index contributed by atoms with van der Waals surface area (Å²) >= 11 is 1.27. The molecule has 2 N–H and O–H groups in total. The maximum absolute atomic E-state index is 14.0. The highest BCUT2D eigenvalue weighted by atomic mass is 32.1. The van der Waals surface area contributed by atoms with Crippen LogP contribution in [-0.2, 0) is 28.9 Å². The number of nitrogens with two attached hydrogens (primary N) is 1. The van der Waals surface area contributed by atoms with Crippen molar-refractivity contribution >= 4 is 23.2 Å². The average molecular weight is 543 g/mol. The van der Waals surface area contributed by atoms with Gasteiger partial charge in [0.1, 0.15) is 17.5 Å². The lowest BCUT2D eigenvalue weighted by atomic mass is 9.83. The minimum atomic E-state index is -4.78. The van der Waals surface area contributed by atoms with Crippen LogP contribution < -0.4 is 5.73 Å². The molecule has 8 nitrogen and oxygen atoms in total. The normalized spacial score (nSPS) is 15.6. The summed E-state index contributed by atoms with van der Waals surface area (Å²) in [5, 5.41) is 13.1. The molecule has 1 unspecified atom stereocenters. The van der Waals surface area contributed by atoms with E-state index in [1.54, 1.807) is 41.3 Å². The zero-order valence-corrected chi connectivity index (χ0v) is 21.5. The van der Waals surface area contributed by atoms with Gasteiger partial charge in [0.15, 0.2) is 5.69 Å². The Morgan fingerprint density at radius 3 is 2.66 bits per heavy atom. The molecular weight excluding hydrogens is 517 g/mol. The van der Waals surface area contributed by atoms with Crippen molar-refractivity contribution in [1.29, 1.82) is 5.26 Å². The van der Waals surface area contributed by atoms with Gasteiger partial charge in [0.2, 0.25) is 11.8 Å². The van der Waals surface area contributed by atoms with Gasteiger partial charge < -0.3 is 15.5 Å². The standard InChI is InChI=1S/C26H25F3N6O2S/c1-33(2)9-5-8-24(37)34-12-20(19-10-16(11-30)38-22(19)14-34)17-6-3-4-7-18(17)21-13-35(15-23(31)36)32-25(21)26(27,28)29/h3-8,10,13,20H,9,12,14-15H2,1-2H3,(H2,31,36)/b8-5+. The van der Waals surface area contributed by atoms with Gasteiger partial charge in [-0.15, -0.1) is 11.3 Å². The molecule has 2 amide bonds. The maximum Gasteiger partial charge on any atom is 0.435 e. The molecule has 0 radical (unpaired) electrons. The number of rotatable bonds is 7. The second-order valence-electron chi connectivity index (χ2n) is 9.18. The smallest absolute Gasteiger partial charge is 0.368 e. The van der Waals surface area contributed by atoms with Crippen molar-refractivity contribution in [3.05, 3.63) is 75.3 Å². The van der Waals surface area contributed by atoms with Crippen LogP contribution in [0.1, 0.15) is 32.5 Å². The number of likely N-dealkylation sites (N-methyl/N-ethyl adjacent to an activating group) is 1. The van der Waals surface area contributed by atoms with Crippen LogP contribution in [0.2, 0.25) is 0 Å². The van der Waals surface area contributed by atoms with Gasteiger partial charge in [-0.05, 0) is 36.9 Å². The van der Waals surface area contributed by atoms with Gasteiger partial charge >= 0.3 is 6.18 Å². The molecule has 0 fully saturated rings. The molecule has 3 heterocycles. The quantitative estimate of drug-likeness (QED) is 0.459. The summed E-state index contributed by atoms with van der Waals surface area (Å²) in [5.41, 5.74) is 5.49. The lowest BCUT2D eigenvalue weighted by Gasteiger charge is -2.33. The van der Waals surface area contributed by atoms with Gasteiger partial charge in [0.05, 0.1) is 6.54 Å². The Kier molecular flexibility index (Phi) is 7.71. The predicted octanol–water partition coefficient (Wildman–Crippen LogP) is 3.58. The molecule has 1 aliphatic heterocycles. The van der Waals surface area contributed by atoms with Gasteiger partial charge in [-0.3, -0.25) is 14.3 Å². The molecule has 4 rings (SSSR count). The van der Waals surface area contributed by atoms with Crippen LogP contribution >= 0.6 is 11.3 Å². The summed E-state index contributed by atoms with van der Waals surface area (Å²) in [5.74, 6) is -1.53. The van der Waals surface area contributed by atoms with Crippen molar-refractivity contribution in [2.24, 2.45) is 5.73 Å². The van der Waals surface area contributed by atoms with Crippen molar-refractivity contribution in [2.75, 3.05) is 27.2 Å². The minimum Gasteiger partial charge on any atom is -0.368 e. The number of halogens is 3. The molecule has 0 saturated heterocycles. The summed E-state index contributed by atoms with van der Waals surface area (Å²) in [6, 6.07) is 10.5. The molecule has 38 heavy (non-hydrogen) atoms. The topological polar surface area (TPSA) is 108 Å².